The van der Waals surface area contributed by atoms with Crippen LogP contribution in [0.25, 0.3) is 0 Å². The predicted molar refractivity (Wildman–Crippen MR) is 124 cm³/mol. The molecule has 0 unspecified atom stereocenters. The summed E-state index contributed by atoms with van der Waals surface area (Å²) >= 11 is 0. The molecule has 3 amide bonds. The third kappa shape index (κ3) is 2.88. The van der Waals surface area contributed by atoms with Gasteiger partial charge in [0.2, 0.25) is 17.7 Å². The van der Waals surface area contributed by atoms with E-state index in [-0.39, 0.29) is 29.5 Å². The van der Waals surface area contributed by atoms with Gasteiger partial charge in [-0.15, -0.1) is 0 Å². The zero-order chi connectivity index (χ0) is 23.7. The topological polar surface area (TPSA) is 98.7 Å². The number of rotatable bonds is 4. The van der Waals surface area contributed by atoms with Crippen molar-refractivity contribution >= 4 is 23.4 Å². The summed E-state index contributed by atoms with van der Waals surface area (Å²) < 4.78 is 0. The summed E-state index contributed by atoms with van der Waals surface area (Å²) in [6.07, 6.45) is 1.12. The van der Waals surface area contributed by atoms with Crippen LogP contribution in [-0.4, -0.2) is 39.8 Å². The largest absolute Gasteiger partial charge is 0.508 e. The Morgan fingerprint density at radius 1 is 1.06 bits per heavy atom. The van der Waals surface area contributed by atoms with Crippen LogP contribution in [0, 0.1) is 25.7 Å². The van der Waals surface area contributed by atoms with Crippen molar-refractivity contribution in [1.82, 2.24) is 10.2 Å². The predicted octanol–water partition coefficient (Wildman–Crippen LogP) is 2.77. The molecule has 3 N–H and O–H groups in total. The van der Waals surface area contributed by atoms with E-state index < -0.39 is 23.4 Å². The van der Waals surface area contributed by atoms with E-state index in [0.29, 0.717) is 12.8 Å². The Hall–Kier alpha value is -3.19. The number of phenolic OH excluding ortho intramolecular Hbond substituents is 1. The van der Waals surface area contributed by atoms with Crippen molar-refractivity contribution in [1.29, 1.82) is 0 Å². The molecule has 3 aliphatic rings. The summed E-state index contributed by atoms with van der Waals surface area (Å²) in [6, 6.07) is 10.1. The van der Waals surface area contributed by atoms with E-state index in [1.165, 1.54) is 4.90 Å². The first kappa shape index (κ1) is 21.6. The van der Waals surface area contributed by atoms with Crippen molar-refractivity contribution in [3.63, 3.8) is 0 Å². The molecule has 2 fully saturated rings. The second-order valence-electron chi connectivity index (χ2n) is 9.62. The lowest BCUT2D eigenvalue weighted by molar-refractivity contribution is -0.145. The summed E-state index contributed by atoms with van der Waals surface area (Å²) in [6.45, 7) is 7.77. The molecule has 0 aromatic heterocycles. The monoisotopic (exact) mass is 447 g/mol. The average molecular weight is 448 g/mol. The van der Waals surface area contributed by atoms with Gasteiger partial charge in [0.1, 0.15) is 11.3 Å². The van der Waals surface area contributed by atoms with Gasteiger partial charge in [0.05, 0.1) is 11.8 Å². The van der Waals surface area contributed by atoms with Gasteiger partial charge < -0.3 is 10.4 Å². The minimum atomic E-state index is -1.28. The van der Waals surface area contributed by atoms with Crippen LogP contribution < -0.4 is 10.6 Å². The maximum atomic E-state index is 13.8. The highest BCUT2D eigenvalue weighted by atomic mass is 16.3. The third-order valence-electron chi connectivity index (χ3n) is 7.88. The van der Waals surface area contributed by atoms with Crippen LogP contribution in [0.15, 0.2) is 36.4 Å². The molecule has 5 rings (SSSR count). The molecule has 2 saturated heterocycles. The molecule has 0 aliphatic carbocycles. The Bertz CT molecular complexity index is 1170. The number of imide groups is 1. The van der Waals surface area contributed by atoms with Gasteiger partial charge in [-0.3, -0.25) is 24.6 Å². The first-order chi connectivity index (χ1) is 15.7. The highest BCUT2D eigenvalue weighted by molar-refractivity contribution is 6.15. The van der Waals surface area contributed by atoms with Gasteiger partial charge >= 0.3 is 0 Å². The smallest absolute Gasteiger partial charge is 0.250 e. The molecule has 2 aromatic rings. The lowest BCUT2D eigenvalue weighted by Gasteiger charge is -2.31. The van der Waals surface area contributed by atoms with Crippen molar-refractivity contribution in [3.8, 4) is 5.75 Å². The maximum Gasteiger partial charge on any atom is 0.250 e. The highest BCUT2D eigenvalue weighted by Gasteiger charge is 2.70. The molecule has 5 atom stereocenters. The van der Waals surface area contributed by atoms with Gasteiger partial charge in [0, 0.05) is 23.3 Å². The Labute approximate surface area is 193 Å². The highest BCUT2D eigenvalue weighted by Crippen LogP contribution is 2.54. The summed E-state index contributed by atoms with van der Waals surface area (Å²) in [7, 11) is 0. The maximum absolute atomic E-state index is 13.8. The standard InChI is InChI=1S/C26H29N3O4/c1-5-14(3)29-23(31)20-19(12-16-7-9-17(30)10-8-16)28-26(21(20)24(29)32)18-11-6-13(2)15(4)22(18)27-25(26)33/h6-11,14,19-21,28,30H,5,12H2,1-4H3,(H,27,33)/t14-,19+,20+,21-,26+/m0/s1. The molecule has 2 aromatic carbocycles. The first-order valence-corrected chi connectivity index (χ1v) is 11.5. The van der Waals surface area contributed by atoms with E-state index in [1.807, 2.05) is 39.8 Å². The van der Waals surface area contributed by atoms with Gasteiger partial charge in [0.25, 0.3) is 0 Å². The molecule has 7 heteroatoms. The number of likely N-dealkylation sites (tertiary alicyclic amines) is 1. The number of carbonyl (C=O) groups is 3. The molecular weight excluding hydrogens is 418 g/mol. The fourth-order valence-corrected chi connectivity index (χ4v) is 5.82. The molecule has 7 nitrogen and oxygen atoms in total. The second-order valence-corrected chi connectivity index (χ2v) is 9.62. The molecule has 172 valence electrons. The average Bonchev–Trinajstić information content (AvgIpc) is 3.37. The van der Waals surface area contributed by atoms with Crippen LogP contribution in [0.5, 0.6) is 5.75 Å². The Kier molecular flexibility index (Phi) is 4.86. The fraction of sp³-hybridized carbons (Fsp3) is 0.423. The zero-order valence-electron chi connectivity index (χ0n) is 19.3. The quantitative estimate of drug-likeness (QED) is 0.626. The Morgan fingerprint density at radius 3 is 2.42 bits per heavy atom. The van der Waals surface area contributed by atoms with E-state index in [9.17, 15) is 19.5 Å². The molecule has 0 radical (unpaired) electrons. The van der Waals surface area contributed by atoms with Crippen LogP contribution in [0.1, 0.15) is 42.5 Å². The van der Waals surface area contributed by atoms with Gasteiger partial charge in [0.15, 0.2) is 0 Å². The van der Waals surface area contributed by atoms with Crippen LogP contribution in [0.3, 0.4) is 0 Å². The summed E-state index contributed by atoms with van der Waals surface area (Å²) in [5, 5.41) is 16.2. The number of nitrogens with one attached hydrogen (secondary N) is 2. The SMILES string of the molecule is CC[C@H](C)N1C(=O)[C@H]2[C@@H](C1=O)[C@@]1(N[C@@H]2Cc2ccc(O)cc2)C(=O)Nc2c1ccc(C)c2C. The number of phenols is 1. The molecular formula is C26H29N3O4. The Balaban J connectivity index is 1.65. The molecule has 0 bridgehead atoms. The Morgan fingerprint density at radius 2 is 1.76 bits per heavy atom. The molecule has 3 heterocycles. The van der Waals surface area contributed by atoms with Crippen LogP contribution in [-0.2, 0) is 26.3 Å². The van der Waals surface area contributed by atoms with Crippen molar-refractivity contribution in [3.05, 3.63) is 58.7 Å². The number of amides is 3. The summed E-state index contributed by atoms with van der Waals surface area (Å²) in [5.41, 5.74) is 3.13. The van der Waals surface area contributed by atoms with E-state index in [4.69, 9.17) is 0 Å². The van der Waals surface area contributed by atoms with Crippen molar-refractivity contribution in [2.45, 2.75) is 58.2 Å². The van der Waals surface area contributed by atoms with Crippen LogP contribution >= 0.6 is 0 Å². The fourth-order valence-electron chi connectivity index (χ4n) is 5.82. The summed E-state index contributed by atoms with van der Waals surface area (Å²) in [5.74, 6) is -2.04. The molecule has 3 aliphatic heterocycles. The number of benzene rings is 2. The summed E-state index contributed by atoms with van der Waals surface area (Å²) in [4.78, 5) is 42.4. The second kappa shape index (κ2) is 7.42. The lowest BCUT2D eigenvalue weighted by Crippen LogP contribution is -2.54. The van der Waals surface area contributed by atoms with Crippen LogP contribution in [0.2, 0.25) is 0 Å². The number of nitrogens with zero attached hydrogens (tertiary/aromatic N) is 1. The normalized spacial score (nSPS) is 28.9. The third-order valence-corrected chi connectivity index (χ3v) is 7.88. The van der Waals surface area contributed by atoms with E-state index in [0.717, 1.165) is 27.9 Å². The number of anilines is 1. The zero-order valence-corrected chi connectivity index (χ0v) is 19.3. The van der Waals surface area contributed by atoms with Crippen molar-refractivity contribution < 1.29 is 19.5 Å². The lowest BCUT2D eigenvalue weighted by atomic mass is 9.75. The van der Waals surface area contributed by atoms with Crippen molar-refractivity contribution in [2.75, 3.05) is 5.32 Å². The van der Waals surface area contributed by atoms with E-state index in [1.54, 1.807) is 24.3 Å². The van der Waals surface area contributed by atoms with Gasteiger partial charge in [-0.25, -0.2) is 0 Å². The molecule has 1 spiro atoms. The minimum Gasteiger partial charge on any atom is -0.508 e. The van der Waals surface area contributed by atoms with E-state index >= 15 is 0 Å². The molecule has 33 heavy (non-hydrogen) atoms. The van der Waals surface area contributed by atoms with E-state index in [2.05, 4.69) is 10.6 Å². The molecule has 0 saturated carbocycles. The number of hydrogen-bond donors (Lipinski definition) is 3. The minimum absolute atomic E-state index is 0.164. The first-order valence-electron chi connectivity index (χ1n) is 11.5. The number of aryl methyl sites for hydroxylation is 1. The number of carbonyl (C=O) groups excluding carboxylic acids is 3. The van der Waals surface area contributed by atoms with Gasteiger partial charge in [-0.1, -0.05) is 31.2 Å². The number of hydrogen-bond acceptors (Lipinski definition) is 5. The number of aromatic hydroxyl groups is 1. The van der Waals surface area contributed by atoms with Crippen molar-refractivity contribution in [2.24, 2.45) is 11.8 Å². The number of fused-ring (bicyclic) bond motifs is 4. The van der Waals surface area contributed by atoms with Gasteiger partial charge in [-0.2, -0.15) is 0 Å². The van der Waals surface area contributed by atoms with Crippen LogP contribution in [0.4, 0.5) is 5.69 Å². The van der Waals surface area contributed by atoms with Gasteiger partial charge in [-0.05, 0) is 62.4 Å².